The van der Waals surface area contributed by atoms with E-state index in [0.717, 1.165) is 16.3 Å². The van der Waals surface area contributed by atoms with Crippen molar-refractivity contribution in [2.75, 3.05) is 5.88 Å². The van der Waals surface area contributed by atoms with E-state index in [4.69, 9.17) is 11.6 Å². The lowest BCUT2D eigenvalue weighted by atomic mass is 10.2. The molecular weight excluding hydrogens is 309 g/mol. The van der Waals surface area contributed by atoms with E-state index in [1.165, 1.54) is 10.9 Å². The first kappa shape index (κ1) is 14.5. The minimum Gasteiger partial charge on any atom is -0.321 e. The Labute approximate surface area is 131 Å². The molecule has 3 nitrogen and oxygen atoms in total. The van der Waals surface area contributed by atoms with Gasteiger partial charge < -0.3 is 4.57 Å². The molecular formula is C15H15ClFN3S. The second kappa shape index (κ2) is 5.73. The number of rotatable bonds is 4. The Hall–Kier alpha value is -1.46. The van der Waals surface area contributed by atoms with E-state index in [1.54, 1.807) is 18.3 Å². The van der Waals surface area contributed by atoms with Crippen LogP contribution in [0.1, 0.15) is 21.3 Å². The molecule has 0 aliphatic carbocycles. The van der Waals surface area contributed by atoms with Gasteiger partial charge in [0.25, 0.3) is 0 Å². The van der Waals surface area contributed by atoms with Crippen LogP contribution >= 0.6 is 22.9 Å². The molecule has 0 aliphatic rings. The molecule has 0 aliphatic heterocycles. The van der Waals surface area contributed by atoms with E-state index < -0.39 is 0 Å². The molecule has 0 fully saturated rings. The fraction of sp³-hybridized carbons (Fsp3) is 0.333. The number of aryl methyl sites for hydroxylation is 3. The molecule has 0 amide bonds. The summed E-state index contributed by atoms with van der Waals surface area (Å²) in [6.07, 6.45) is 2.52. The van der Waals surface area contributed by atoms with Crippen LogP contribution in [0, 0.1) is 19.7 Å². The normalized spacial score (nSPS) is 11.4. The monoisotopic (exact) mass is 323 g/mol. The quantitative estimate of drug-likeness (QED) is 0.677. The highest BCUT2D eigenvalue weighted by atomic mass is 35.5. The molecule has 0 saturated heterocycles. The van der Waals surface area contributed by atoms with Crippen molar-refractivity contribution in [2.24, 2.45) is 0 Å². The van der Waals surface area contributed by atoms with Gasteiger partial charge in [-0.3, -0.25) is 0 Å². The fourth-order valence-electron chi connectivity index (χ4n) is 2.36. The maximum Gasteiger partial charge on any atom is 0.128 e. The highest BCUT2D eigenvalue weighted by Crippen LogP contribution is 2.23. The topological polar surface area (TPSA) is 30.7 Å². The van der Waals surface area contributed by atoms with Gasteiger partial charge in [-0.1, -0.05) is 0 Å². The van der Waals surface area contributed by atoms with Gasteiger partial charge in [-0.15, -0.1) is 22.9 Å². The first-order chi connectivity index (χ1) is 10.1. The van der Waals surface area contributed by atoms with Crippen molar-refractivity contribution < 1.29 is 4.39 Å². The molecule has 0 bridgehead atoms. The average Bonchev–Trinajstić information content (AvgIpc) is 2.97. The third kappa shape index (κ3) is 2.80. The Morgan fingerprint density at radius 1 is 1.33 bits per heavy atom. The molecule has 0 radical (unpaired) electrons. The van der Waals surface area contributed by atoms with E-state index in [2.05, 4.69) is 14.5 Å². The van der Waals surface area contributed by atoms with Crippen molar-refractivity contribution in [3.63, 3.8) is 0 Å². The van der Waals surface area contributed by atoms with E-state index in [9.17, 15) is 4.39 Å². The molecule has 0 spiro atoms. The molecule has 6 heteroatoms. The molecule has 0 atom stereocenters. The zero-order valence-corrected chi connectivity index (χ0v) is 13.4. The van der Waals surface area contributed by atoms with Crippen LogP contribution in [-0.4, -0.2) is 20.4 Å². The summed E-state index contributed by atoms with van der Waals surface area (Å²) in [7, 11) is 0. The van der Waals surface area contributed by atoms with Gasteiger partial charge in [0.1, 0.15) is 16.6 Å². The van der Waals surface area contributed by atoms with Crippen LogP contribution in [0.4, 0.5) is 4.39 Å². The van der Waals surface area contributed by atoms with Crippen molar-refractivity contribution in [2.45, 2.75) is 26.8 Å². The van der Waals surface area contributed by atoms with Crippen molar-refractivity contribution in [1.82, 2.24) is 14.5 Å². The molecule has 3 aromatic rings. The smallest absolute Gasteiger partial charge is 0.128 e. The van der Waals surface area contributed by atoms with Crippen LogP contribution in [0.5, 0.6) is 0 Å². The zero-order valence-electron chi connectivity index (χ0n) is 11.9. The maximum absolute atomic E-state index is 13.7. The number of nitrogens with zero attached hydrogens (tertiary/aromatic N) is 3. The molecule has 110 valence electrons. The van der Waals surface area contributed by atoms with E-state index in [-0.39, 0.29) is 5.82 Å². The molecule has 21 heavy (non-hydrogen) atoms. The molecule has 1 aromatic carbocycles. The first-order valence-corrected chi connectivity index (χ1v) is 8.06. The number of aromatic nitrogens is 3. The number of fused-ring (bicyclic) bond motifs is 1. The van der Waals surface area contributed by atoms with Gasteiger partial charge in [-0.25, -0.2) is 14.4 Å². The van der Waals surface area contributed by atoms with Crippen molar-refractivity contribution in [3.05, 3.63) is 45.4 Å². The largest absolute Gasteiger partial charge is 0.321 e. The van der Waals surface area contributed by atoms with Gasteiger partial charge in [0.05, 0.1) is 17.6 Å². The number of hydrogen-bond donors (Lipinski definition) is 0. The zero-order chi connectivity index (χ0) is 15.0. The molecule has 0 unspecified atom stereocenters. The number of thiazole rings is 1. The summed E-state index contributed by atoms with van der Waals surface area (Å²) < 4.78 is 15.8. The lowest BCUT2D eigenvalue weighted by molar-refractivity contribution is 0.620. The standard InChI is InChI=1S/C15H15ClFN3S/c1-9-5-13-12(6-11(9)17)19-14(3-4-16)20(13)8-15-18-7-10(2)21-15/h5-7H,3-4,8H2,1-2H3. The minimum atomic E-state index is -0.227. The number of benzene rings is 1. The van der Waals surface area contributed by atoms with Gasteiger partial charge >= 0.3 is 0 Å². The number of hydrogen-bond acceptors (Lipinski definition) is 3. The minimum absolute atomic E-state index is 0.227. The Morgan fingerprint density at radius 2 is 2.14 bits per heavy atom. The highest BCUT2D eigenvalue weighted by Gasteiger charge is 2.14. The van der Waals surface area contributed by atoms with Crippen LogP contribution in [0.25, 0.3) is 11.0 Å². The summed E-state index contributed by atoms with van der Waals surface area (Å²) in [5.41, 5.74) is 2.23. The third-order valence-corrected chi connectivity index (χ3v) is 4.47. The van der Waals surface area contributed by atoms with Crippen LogP contribution in [0.15, 0.2) is 18.3 Å². The average molecular weight is 324 g/mol. The number of imidazole rings is 1. The second-order valence-corrected chi connectivity index (χ2v) is 6.71. The molecule has 2 aromatic heterocycles. The number of halogens is 2. The fourth-order valence-corrected chi connectivity index (χ4v) is 3.31. The van der Waals surface area contributed by atoms with E-state index in [0.29, 0.717) is 29.9 Å². The molecule has 3 rings (SSSR count). The third-order valence-electron chi connectivity index (χ3n) is 3.39. The summed E-state index contributed by atoms with van der Waals surface area (Å²) in [6, 6.07) is 3.34. The van der Waals surface area contributed by atoms with Crippen LogP contribution < -0.4 is 0 Å². The van der Waals surface area contributed by atoms with Gasteiger partial charge in [0.2, 0.25) is 0 Å². The summed E-state index contributed by atoms with van der Waals surface area (Å²) in [5.74, 6) is 1.13. The predicted molar refractivity (Wildman–Crippen MR) is 84.8 cm³/mol. The van der Waals surface area contributed by atoms with Crippen LogP contribution in [0.2, 0.25) is 0 Å². The lowest BCUT2D eigenvalue weighted by Gasteiger charge is -2.07. The van der Waals surface area contributed by atoms with Gasteiger partial charge in [-0.2, -0.15) is 0 Å². The summed E-state index contributed by atoms with van der Waals surface area (Å²) in [4.78, 5) is 10.1. The molecule has 2 heterocycles. The highest BCUT2D eigenvalue weighted by molar-refractivity contribution is 7.11. The van der Waals surface area contributed by atoms with E-state index in [1.807, 2.05) is 19.2 Å². The first-order valence-electron chi connectivity index (χ1n) is 6.71. The predicted octanol–water partition coefficient (Wildman–Crippen LogP) is 4.08. The van der Waals surface area contributed by atoms with E-state index >= 15 is 0 Å². The van der Waals surface area contributed by atoms with Crippen LogP contribution in [0.3, 0.4) is 0 Å². The Morgan fingerprint density at radius 3 is 2.81 bits per heavy atom. The lowest BCUT2D eigenvalue weighted by Crippen LogP contribution is -2.05. The summed E-state index contributed by atoms with van der Waals surface area (Å²) >= 11 is 7.53. The second-order valence-electron chi connectivity index (χ2n) is 5.01. The van der Waals surface area contributed by atoms with Gasteiger partial charge in [0, 0.05) is 29.4 Å². The van der Waals surface area contributed by atoms with Crippen molar-refractivity contribution >= 4 is 34.0 Å². The van der Waals surface area contributed by atoms with Crippen LogP contribution in [-0.2, 0) is 13.0 Å². The Balaban J connectivity index is 2.12. The van der Waals surface area contributed by atoms with Crippen molar-refractivity contribution in [1.29, 1.82) is 0 Å². The summed E-state index contributed by atoms with van der Waals surface area (Å²) in [6.45, 7) is 4.44. The molecule has 0 N–H and O–H groups in total. The van der Waals surface area contributed by atoms with Gasteiger partial charge in [0.15, 0.2) is 0 Å². The van der Waals surface area contributed by atoms with Gasteiger partial charge in [-0.05, 0) is 25.5 Å². The SMILES string of the molecule is Cc1cnc(Cn2c(CCCl)nc3cc(F)c(C)cc32)s1. The maximum atomic E-state index is 13.7. The summed E-state index contributed by atoms with van der Waals surface area (Å²) in [5, 5.41) is 1.02. The molecule has 0 saturated carbocycles. The van der Waals surface area contributed by atoms with Crippen molar-refractivity contribution in [3.8, 4) is 0 Å². The number of alkyl halides is 1. The Bertz CT molecular complexity index is 794. The Kier molecular flexibility index (Phi) is 3.95.